The third-order valence-corrected chi connectivity index (χ3v) is 3.62. The molecule has 0 atom stereocenters. The van der Waals surface area contributed by atoms with E-state index in [0.717, 1.165) is 22.7 Å². The van der Waals surface area contributed by atoms with Crippen molar-refractivity contribution in [1.82, 2.24) is 0 Å². The molecule has 0 aliphatic carbocycles. The lowest BCUT2D eigenvalue weighted by Crippen LogP contribution is -2.12. The fraction of sp³-hybridized carbons (Fsp3) is 0.250. The summed E-state index contributed by atoms with van der Waals surface area (Å²) in [6, 6.07) is 10.7. The van der Waals surface area contributed by atoms with Crippen molar-refractivity contribution >= 4 is 21.6 Å². The molecule has 0 bridgehead atoms. The van der Waals surface area contributed by atoms with Crippen molar-refractivity contribution in [3.63, 3.8) is 0 Å². The van der Waals surface area contributed by atoms with Gasteiger partial charge in [-0.25, -0.2) is 4.39 Å². The molecule has 1 N–H and O–H groups in total. The molecule has 2 aromatic rings. The summed E-state index contributed by atoms with van der Waals surface area (Å²) in [7, 11) is 1.63. The number of aryl methyl sites for hydroxylation is 1. The molecule has 2 aromatic carbocycles. The Labute approximate surface area is 132 Å². The topological polar surface area (TPSA) is 30.5 Å². The maximum atomic E-state index is 13.3. The van der Waals surface area contributed by atoms with E-state index in [0.29, 0.717) is 17.6 Å². The predicted molar refractivity (Wildman–Crippen MR) is 85.8 cm³/mol. The number of hydrogen-bond donors (Lipinski definition) is 1. The number of anilines is 1. The molecule has 0 amide bonds. The highest BCUT2D eigenvalue weighted by Gasteiger charge is 2.04. The minimum atomic E-state index is -0.257. The number of hydrogen-bond acceptors (Lipinski definition) is 3. The maximum Gasteiger partial charge on any atom is 0.137 e. The van der Waals surface area contributed by atoms with Crippen LogP contribution in [0.4, 0.5) is 10.1 Å². The molecule has 0 aliphatic heterocycles. The van der Waals surface area contributed by atoms with E-state index < -0.39 is 0 Å². The fourth-order valence-electron chi connectivity index (χ4n) is 1.86. The van der Waals surface area contributed by atoms with Gasteiger partial charge in [0.05, 0.1) is 11.6 Å². The van der Waals surface area contributed by atoms with Crippen LogP contribution in [0.2, 0.25) is 0 Å². The van der Waals surface area contributed by atoms with Crippen molar-refractivity contribution < 1.29 is 13.9 Å². The van der Waals surface area contributed by atoms with Gasteiger partial charge in [0.2, 0.25) is 0 Å². The molecule has 0 fully saturated rings. The van der Waals surface area contributed by atoms with Crippen molar-refractivity contribution in [2.24, 2.45) is 0 Å². The lowest BCUT2D eigenvalue weighted by atomic mass is 10.2. The summed E-state index contributed by atoms with van der Waals surface area (Å²) < 4.78 is 24.5. The van der Waals surface area contributed by atoms with E-state index in [1.54, 1.807) is 13.2 Å². The molecule has 0 aliphatic rings. The molecule has 21 heavy (non-hydrogen) atoms. The van der Waals surface area contributed by atoms with Crippen LogP contribution in [0.1, 0.15) is 5.56 Å². The van der Waals surface area contributed by atoms with Gasteiger partial charge in [-0.05, 0) is 64.8 Å². The number of ether oxygens (including phenoxy) is 2. The number of methoxy groups -OCH3 is 1. The summed E-state index contributed by atoms with van der Waals surface area (Å²) >= 11 is 3.18. The standard InChI is InChI=1S/C16H17BrFNO2/c1-11-9-15(18)14(17)10-16(11)19-7-8-21-13-5-3-12(20-2)4-6-13/h3-6,9-10,19H,7-8H2,1-2H3. The summed E-state index contributed by atoms with van der Waals surface area (Å²) in [6.07, 6.45) is 0. The Balaban J connectivity index is 1.83. The quantitative estimate of drug-likeness (QED) is 0.781. The van der Waals surface area contributed by atoms with Crippen molar-refractivity contribution in [2.45, 2.75) is 6.92 Å². The largest absolute Gasteiger partial charge is 0.497 e. The van der Waals surface area contributed by atoms with E-state index in [4.69, 9.17) is 9.47 Å². The Kier molecular flexibility index (Phi) is 5.44. The third kappa shape index (κ3) is 4.36. The summed E-state index contributed by atoms with van der Waals surface area (Å²) in [5, 5.41) is 3.23. The van der Waals surface area contributed by atoms with Crippen LogP contribution in [0.15, 0.2) is 40.9 Å². The summed E-state index contributed by atoms with van der Waals surface area (Å²) in [4.78, 5) is 0. The fourth-order valence-corrected chi connectivity index (χ4v) is 2.21. The van der Waals surface area contributed by atoms with Gasteiger partial charge in [0.1, 0.15) is 23.9 Å². The minimum Gasteiger partial charge on any atom is -0.497 e. The van der Waals surface area contributed by atoms with Gasteiger partial charge in [-0.15, -0.1) is 0 Å². The Morgan fingerprint density at radius 3 is 2.48 bits per heavy atom. The molecule has 0 aromatic heterocycles. The lowest BCUT2D eigenvalue weighted by molar-refractivity contribution is 0.331. The Morgan fingerprint density at radius 1 is 1.14 bits per heavy atom. The van der Waals surface area contributed by atoms with Crippen molar-refractivity contribution in [2.75, 3.05) is 25.6 Å². The van der Waals surface area contributed by atoms with E-state index in [2.05, 4.69) is 21.2 Å². The van der Waals surface area contributed by atoms with Gasteiger partial charge in [0.15, 0.2) is 0 Å². The molecule has 0 heterocycles. The molecule has 0 spiro atoms. The van der Waals surface area contributed by atoms with E-state index in [1.807, 2.05) is 31.2 Å². The van der Waals surface area contributed by atoms with Crippen LogP contribution < -0.4 is 14.8 Å². The van der Waals surface area contributed by atoms with Crippen LogP contribution in [0.3, 0.4) is 0 Å². The molecule has 3 nitrogen and oxygen atoms in total. The zero-order valence-electron chi connectivity index (χ0n) is 12.0. The maximum absolute atomic E-state index is 13.3. The molecular weight excluding hydrogens is 337 g/mol. The first-order chi connectivity index (χ1) is 10.1. The van der Waals surface area contributed by atoms with Gasteiger partial charge in [0, 0.05) is 12.2 Å². The monoisotopic (exact) mass is 353 g/mol. The molecule has 112 valence electrons. The van der Waals surface area contributed by atoms with E-state index in [-0.39, 0.29) is 5.82 Å². The SMILES string of the molecule is COc1ccc(OCCNc2cc(Br)c(F)cc2C)cc1. The smallest absolute Gasteiger partial charge is 0.137 e. The zero-order chi connectivity index (χ0) is 15.2. The first-order valence-corrected chi connectivity index (χ1v) is 7.36. The first-order valence-electron chi connectivity index (χ1n) is 6.56. The summed E-state index contributed by atoms with van der Waals surface area (Å²) in [6.45, 7) is 3.01. The minimum absolute atomic E-state index is 0.257. The highest BCUT2D eigenvalue weighted by atomic mass is 79.9. The van der Waals surface area contributed by atoms with Crippen LogP contribution in [0.5, 0.6) is 11.5 Å². The second-order valence-corrected chi connectivity index (χ2v) is 5.39. The second-order valence-electron chi connectivity index (χ2n) is 4.53. The highest BCUT2D eigenvalue weighted by Crippen LogP contribution is 2.24. The van der Waals surface area contributed by atoms with E-state index in [9.17, 15) is 4.39 Å². The summed E-state index contributed by atoms with van der Waals surface area (Å²) in [5.41, 5.74) is 1.75. The second kappa shape index (κ2) is 7.31. The van der Waals surface area contributed by atoms with Gasteiger partial charge < -0.3 is 14.8 Å². The molecule has 0 unspecified atom stereocenters. The van der Waals surface area contributed by atoms with E-state index >= 15 is 0 Å². The highest BCUT2D eigenvalue weighted by molar-refractivity contribution is 9.10. The van der Waals surface area contributed by atoms with Crippen LogP contribution in [0, 0.1) is 12.7 Å². The van der Waals surface area contributed by atoms with Crippen LogP contribution in [-0.2, 0) is 0 Å². The molecule has 0 saturated heterocycles. The Morgan fingerprint density at radius 2 is 1.81 bits per heavy atom. The number of nitrogens with one attached hydrogen (secondary N) is 1. The first kappa shape index (κ1) is 15.6. The van der Waals surface area contributed by atoms with Gasteiger partial charge in [-0.1, -0.05) is 0 Å². The Hall–Kier alpha value is -1.75. The zero-order valence-corrected chi connectivity index (χ0v) is 13.5. The number of rotatable bonds is 6. The van der Waals surface area contributed by atoms with E-state index in [1.165, 1.54) is 6.07 Å². The van der Waals surface area contributed by atoms with Gasteiger partial charge in [-0.3, -0.25) is 0 Å². The van der Waals surface area contributed by atoms with Gasteiger partial charge >= 0.3 is 0 Å². The molecule has 0 saturated carbocycles. The van der Waals surface area contributed by atoms with Crippen LogP contribution >= 0.6 is 15.9 Å². The Bertz CT molecular complexity index is 602. The van der Waals surface area contributed by atoms with Crippen molar-refractivity contribution in [3.05, 3.63) is 52.3 Å². The average Bonchev–Trinajstić information content (AvgIpc) is 2.49. The van der Waals surface area contributed by atoms with Crippen LogP contribution in [0.25, 0.3) is 0 Å². The normalized spacial score (nSPS) is 10.3. The number of benzene rings is 2. The molecule has 2 rings (SSSR count). The lowest BCUT2D eigenvalue weighted by Gasteiger charge is -2.12. The third-order valence-electron chi connectivity index (χ3n) is 3.01. The number of halogens is 2. The average molecular weight is 354 g/mol. The molecule has 5 heteroatoms. The molecular formula is C16H17BrFNO2. The van der Waals surface area contributed by atoms with Gasteiger partial charge in [0.25, 0.3) is 0 Å². The van der Waals surface area contributed by atoms with Crippen LogP contribution in [-0.4, -0.2) is 20.3 Å². The van der Waals surface area contributed by atoms with Crippen molar-refractivity contribution in [1.29, 1.82) is 0 Å². The van der Waals surface area contributed by atoms with Crippen molar-refractivity contribution in [3.8, 4) is 11.5 Å². The van der Waals surface area contributed by atoms with Gasteiger partial charge in [-0.2, -0.15) is 0 Å². The summed E-state index contributed by atoms with van der Waals surface area (Å²) in [5.74, 6) is 1.33. The predicted octanol–water partition coefficient (Wildman–Crippen LogP) is 4.40. The molecule has 0 radical (unpaired) electrons.